The van der Waals surface area contributed by atoms with E-state index >= 15 is 0 Å². The second-order valence-electron chi connectivity index (χ2n) is 2.45. The van der Waals surface area contributed by atoms with Crippen LogP contribution in [0.15, 0.2) is 0 Å². The van der Waals surface area contributed by atoms with Gasteiger partial charge in [-0.2, -0.15) is 0 Å². The Labute approximate surface area is 90.8 Å². The maximum absolute atomic E-state index is 10.0. The summed E-state index contributed by atoms with van der Waals surface area (Å²) in [6, 6.07) is -0.303. The summed E-state index contributed by atoms with van der Waals surface area (Å²) in [5, 5.41) is 25.2. The van der Waals surface area contributed by atoms with Crippen LogP contribution in [0.5, 0.6) is 0 Å². The molecule has 0 aromatic heterocycles. The minimum atomic E-state index is -1.82. The van der Waals surface area contributed by atoms with Crippen LogP contribution in [0, 0.1) is 0 Å². The average molecular weight is 238 g/mol. The molecule has 0 aliphatic rings. The third-order valence-corrected chi connectivity index (χ3v) is 1.16. The molecule has 0 aromatic rings. The monoisotopic (exact) mass is 238 g/mol. The van der Waals surface area contributed by atoms with Gasteiger partial charge in [-0.05, 0) is 0 Å². The van der Waals surface area contributed by atoms with Crippen LogP contribution < -0.4 is 11.1 Å². The summed E-state index contributed by atoms with van der Waals surface area (Å²) in [5.41, 5.74) is 5.20. The van der Waals surface area contributed by atoms with Gasteiger partial charge in [-0.1, -0.05) is 0 Å². The minimum Gasteiger partial charge on any atom is -0.473 e. The molecule has 0 spiro atoms. The van der Waals surface area contributed by atoms with Gasteiger partial charge in [0.25, 0.3) is 0 Å². The van der Waals surface area contributed by atoms with Crippen molar-refractivity contribution in [3.63, 3.8) is 0 Å². The highest BCUT2D eigenvalue weighted by Crippen LogP contribution is 1.80. The fraction of sp³-hybridized carbons (Fsp3) is 0.571. The standard InChI is InChI=1S/C5H12N2O3.C2H2O4/c1-10-3-4(2-6)7-5(8)9;3-1(4)2(5)6/h4,7H,2-3,6H2,1H3,(H,8,9);(H,3,4)(H,5,6). The molecule has 0 heterocycles. The lowest BCUT2D eigenvalue weighted by atomic mass is 10.3. The number of nitrogens with one attached hydrogen (secondary N) is 1. The SMILES string of the molecule is COCC(CN)NC(=O)O.O=C(O)C(=O)O. The van der Waals surface area contributed by atoms with Crippen LogP contribution in [0.1, 0.15) is 0 Å². The predicted octanol–water partition coefficient (Wildman–Crippen LogP) is -1.62. The number of methoxy groups -OCH3 is 1. The zero-order chi connectivity index (χ0) is 13.1. The number of carboxylic acids is 2. The molecular formula is C7H14N2O7. The first-order chi connectivity index (χ1) is 7.34. The molecule has 0 aliphatic heterocycles. The molecule has 0 aliphatic carbocycles. The lowest BCUT2D eigenvalue weighted by Crippen LogP contribution is -2.42. The third-order valence-electron chi connectivity index (χ3n) is 1.16. The van der Waals surface area contributed by atoms with Crippen LogP contribution in [0.4, 0.5) is 4.79 Å². The zero-order valence-electron chi connectivity index (χ0n) is 8.54. The second-order valence-corrected chi connectivity index (χ2v) is 2.45. The maximum Gasteiger partial charge on any atom is 0.414 e. The predicted molar refractivity (Wildman–Crippen MR) is 51.2 cm³/mol. The minimum absolute atomic E-state index is 0.250. The second kappa shape index (κ2) is 9.68. The summed E-state index contributed by atoms with van der Waals surface area (Å²) < 4.78 is 4.69. The van der Waals surface area contributed by atoms with Gasteiger partial charge >= 0.3 is 18.0 Å². The van der Waals surface area contributed by atoms with E-state index in [4.69, 9.17) is 30.6 Å². The number of hydrogen-bond donors (Lipinski definition) is 5. The van der Waals surface area contributed by atoms with E-state index in [0.717, 1.165) is 0 Å². The van der Waals surface area contributed by atoms with Gasteiger partial charge < -0.3 is 31.1 Å². The van der Waals surface area contributed by atoms with Crippen molar-refractivity contribution < 1.29 is 34.4 Å². The first-order valence-electron chi connectivity index (χ1n) is 3.99. The summed E-state index contributed by atoms with van der Waals surface area (Å²) in [4.78, 5) is 28.2. The van der Waals surface area contributed by atoms with Gasteiger partial charge in [-0.15, -0.1) is 0 Å². The Morgan fingerprint density at radius 1 is 1.25 bits per heavy atom. The number of rotatable bonds is 4. The van der Waals surface area contributed by atoms with Crippen LogP contribution in [-0.4, -0.2) is 59.7 Å². The molecule has 16 heavy (non-hydrogen) atoms. The van der Waals surface area contributed by atoms with E-state index in [0.29, 0.717) is 6.61 Å². The molecule has 0 saturated carbocycles. The van der Waals surface area contributed by atoms with Gasteiger partial charge in [0.15, 0.2) is 0 Å². The number of aliphatic carboxylic acids is 2. The van der Waals surface area contributed by atoms with Gasteiger partial charge in [0.1, 0.15) is 0 Å². The Balaban J connectivity index is 0. The van der Waals surface area contributed by atoms with E-state index < -0.39 is 18.0 Å². The molecule has 94 valence electrons. The lowest BCUT2D eigenvalue weighted by molar-refractivity contribution is -0.159. The average Bonchev–Trinajstić information content (AvgIpc) is 2.17. The Hall–Kier alpha value is -1.87. The first kappa shape index (κ1) is 16.6. The lowest BCUT2D eigenvalue weighted by Gasteiger charge is -2.12. The molecule has 9 heteroatoms. The highest BCUT2D eigenvalue weighted by Gasteiger charge is 2.07. The van der Waals surface area contributed by atoms with E-state index in [1.807, 2.05) is 0 Å². The summed E-state index contributed by atoms with van der Waals surface area (Å²) in [5.74, 6) is -3.65. The normalized spacial score (nSPS) is 10.6. The molecule has 0 aromatic carbocycles. The van der Waals surface area contributed by atoms with Gasteiger partial charge in [0.2, 0.25) is 0 Å². The van der Waals surface area contributed by atoms with Crippen LogP contribution >= 0.6 is 0 Å². The number of carboxylic acid groups (broad SMARTS) is 3. The molecule has 1 unspecified atom stereocenters. The van der Waals surface area contributed by atoms with Crippen LogP contribution in [0.3, 0.4) is 0 Å². The largest absolute Gasteiger partial charge is 0.473 e. The molecule has 0 bridgehead atoms. The van der Waals surface area contributed by atoms with Crippen LogP contribution in [0.2, 0.25) is 0 Å². The van der Waals surface area contributed by atoms with Gasteiger partial charge in [0.05, 0.1) is 12.6 Å². The van der Waals surface area contributed by atoms with Crippen molar-refractivity contribution in [3.05, 3.63) is 0 Å². The fourth-order valence-corrected chi connectivity index (χ4v) is 0.544. The first-order valence-corrected chi connectivity index (χ1v) is 3.99. The maximum atomic E-state index is 10.0. The zero-order valence-corrected chi connectivity index (χ0v) is 8.54. The number of ether oxygens (including phenoxy) is 1. The number of amides is 1. The topological polar surface area (TPSA) is 159 Å². The Morgan fingerprint density at radius 3 is 1.88 bits per heavy atom. The molecule has 9 nitrogen and oxygen atoms in total. The Bertz CT molecular complexity index is 231. The van der Waals surface area contributed by atoms with Gasteiger partial charge in [0, 0.05) is 13.7 Å². The van der Waals surface area contributed by atoms with Crippen molar-refractivity contribution >= 4 is 18.0 Å². The quantitative estimate of drug-likeness (QED) is 0.365. The Kier molecular flexibility index (Phi) is 10.0. The number of carbonyl (C=O) groups is 3. The van der Waals surface area contributed by atoms with Crippen molar-refractivity contribution in [1.82, 2.24) is 5.32 Å². The summed E-state index contributed by atoms with van der Waals surface area (Å²) in [6.07, 6.45) is -1.08. The molecule has 1 amide bonds. The molecule has 0 saturated heterocycles. The van der Waals surface area contributed by atoms with Gasteiger partial charge in [-0.25, -0.2) is 14.4 Å². The van der Waals surface area contributed by atoms with Crippen molar-refractivity contribution in [2.24, 2.45) is 5.73 Å². The molecule has 0 rings (SSSR count). The van der Waals surface area contributed by atoms with E-state index in [1.165, 1.54) is 7.11 Å². The summed E-state index contributed by atoms with van der Waals surface area (Å²) >= 11 is 0. The molecule has 0 fully saturated rings. The van der Waals surface area contributed by atoms with E-state index in [2.05, 4.69) is 10.1 Å². The van der Waals surface area contributed by atoms with Crippen molar-refractivity contribution in [3.8, 4) is 0 Å². The highest BCUT2D eigenvalue weighted by atomic mass is 16.5. The van der Waals surface area contributed by atoms with Crippen molar-refractivity contribution in [2.75, 3.05) is 20.3 Å². The smallest absolute Gasteiger partial charge is 0.414 e. The molecule has 6 N–H and O–H groups in total. The number of hydrogen-bond acceptors (Lipinski definition) is 5. The molecular weight excluding hydrogens is 224 g/mol. The molecule has 0 radical (unpaired) electrons. The van der Waals surface area contributed by atoms with E-state index in [-0.39, 0.29) is 12.6 Å². The summed E-state index contributed by atoms with van der Waals surface area (Å²) in [7, 11) is 1.49. The Morgan fingerprint density at radius 2 is 1.69 bits per heavy atom. The van der Waals surface area contributed by atoms with E-state index in [9.17, 15) is 4.79 Å². The third kappa shape index (κ3) is 12.1. The summed E-state index contributed by atoms with van der Waals surface area (Å²) in [6.45, 7) is 0.558. The highest BCUT2D eigenvalue weighted by molar-refractivity contribution is 6.27. The fourth-order valence-electron chi connectivity index (χ4n) is 0.544. The van der Waals surface area contributed by atoms with Crippen LogP contribution in [-0.2, 0) is 14.3 Å². The number of nitrogens with two attached hydrogens (primary N) is 1. The van der Waals surface area contributed by atoms with Crippen molar-refractivity contribution in [1.29, 1.82) is 0 Å². The van der Waals surface area contributed by atoms with Gasteiger partial charge in [-0.3, -0.25) is 0 Å². The van der Waals surface area contributed by atoms with E-state index in [1.54, 1.807) is 0 Å². The molecule has 1 atom stereocenters. The van der Waals surface area contributed by atoms with Crippen LogP contribution in [0.25, 0.3) is 0 Å². The van der Waals surface area contributed by atoms with Crippen molar-refractivity contribution in [2.45, 2.75) is 6.04 Å².